The van der Waals surface area contributed by atoms with Crippen LogP contribution in [0, 0.1) is 12.8 Å². The molecule has 1 aliphatic heterocycles. The molecule has 1 aromatic rings. The zero-order valence-corrected chi connectivity index (χ0v) is 12.6. The zero-order valence-electron chi connectivity index (χ0n) is 12.6. The first-order valence-electron chi connectivity index (χ1n) is 7.28. The summed E-state index contributed by atoms with van der Waals surface area (Å²) in [5.74, 6) is -1.54. The van der Waals surface area contributed by atoms with Crippen molar-refractivity contribution in [2.75, 3.05) is 19.7 Å². The van der Waals surface area contributed by atoms with E-state index in [0.717, 1.165) is 12.0 Å². The number of piperidine rings is 1. The maximum absolute atomic E-state index is 12.1. The van der Waals surface area contributed by atoms with E-state index in [9.17, 15) is 14.4 Å². The minimum atomic E-state index is -0.527. The molecule has 0 aliphatic carbocycles. The lowest BCUT2D eigenvalue weighted by Crippen LogP contribution is -2.45. The summed E-state index contributed by atoms with van der Waals surface area (Å²) in [5, 5.41) is 0. The fraction of sp³-hybridized carbons (Fsp3) is 0.438. The van der Waals surface area contributed by atoms with Crippen LogP contribution in [0.4, 0.5) is 0 Å². The maximum Gasteiger partial charge on any atom is 0.338 e. The molecule has 2 N–H and O–H groups in total. The van der Waals surface area contributed by atoms with Gasteiger partial charge in [-0.25, -0.2) is 4.79 Å². The Labute approximate surface area is 129 Å². The second-order valence-corrected chi connectivity index (χ2v) is 5.53. The molecule has 1 aliphatic rings. The van der Waals surface area contributed by atoms with Gasteiger partial charge in [-0.05, 0) is 31.9 Å². The Morgan fingerprint density at radius 2 is 2.14 bits per heavy atom. The molecule has 0 bridgehead atoms. The van der Waals surface area contributed by atoms with Crippen molar-refractivity contribution in [1.82, 2.24) is 4.90 Å². The first-order chi connectivity index (χ1) is 10.5. The molecule has 0 aromatic heterocycles. The first kappa shape index (κ1) is 16.0. The van der Waals surface area contributed by atoms with E-state index in [1.807, 2.05) is 13.0 Å². The smallest absolute Gasteiger partial charge is 0.338 e. The van der Waals surface area contributed by atoms with Gasteiger partial charge >= 0.3 is 5.97 Å². The lowest BCUT2D eigenvalue weighted by molar-refractivity contribution is -0.137. The zero-order chi connectivity index (χ0) is 16.1. The van der Waals surface area contributed by atoms with Gasteiger partial charge in [0.1, 0.15) is 0 Å². The normalized spacial score (nSPS) is 17.9. The number of aryl methyl sites for hydroxylation is 1. The Morgan fingerprint density at radius 3 is 2.82 bits per heavy atom. The van der Waals surface area contributed by atoms with Crippen LogP contribution in [0.2, 0.25) is 0 Å². The molecule has 0 radical (unpaired) electrons. The molecule has 1 atom stereocenters. The number of benzene rings is 1. The Hall–Kier alpha value is -2.37. The molecule has 2 rings (SSSR count). The fourth-order valence-corrected chi connectivity index (χ4v) is 2.51. The largest absolute Gasteiger partial charge is 0.452 e. The molecular weight excluding hydrogens is 284 g/mol. The van der Waals surface area contributed by atoms with Crippen molar-refractivity contribution in [1.29, 1.82) is 0 Å². The highest BCUT2D eigenvalue weighted by Crippen LogP contribution is 2.16. The molecule has 6 nitrogen and oxygen atoms in total. The number of carbonyl (C=O) groups is 3. The fourth-order valence-electron chi connectivity index (χ4n) is 2.51. The van der Waals surface area contributed by atoms with Gasteiger partial charge < -0.3 is 15.4 Å². The van der Waals surface area contributed by atoms with Gasteiger partial charge in [-0.3, -0.25) is 9.59 Å². The predicted molar refractivity (Wildman–Crippen MR) is 80.0 cm³/mol. The number of hydrogen-bond acceptors (Lipinski definition) is 4. The number of carbonyl (C=O) groups excluding carboxylic acids is 3. The summed E-state index contributed by atoms with van der Waals surface area (Å²) >= 11 is 0. The highest BCUT2D eigenvalue weighted by atomic mass is 16.5. The van der Waals surface area contributed by atoms with E-state index in [1.54, 1.807) is 18.2 Å². The van der Waals surface area contributed by atoms with Crippen molar-refractivity contribution in [2.45, 2.75) is 19.8 Å². The van der Waals surface area contributed by atoms with E-state index in [2.05, 4.69) is 0 Å². The molecule has 0 saturated carbocycles. The van der Waals surface area contributed by atoms with Gasteiger partial charge in [0.15, 0.2) is 6.61 Å². The van der Waals surface area contributed by atoms with Gasteiger partial charge in [-0.1, -0.05) is 17.7 Å². The minimum Gasteiger partial charge on any atom is -0.452 e. The standard InChI is InChI=1S/C16H20N2O4/c1-11-4-2-5-12(8-11)16(21)22-10-14(19)18-7-3-6-13(9-18)15(17)20/h2,4-5,8,13H,3,6-7,9-10H2,1H3,(H2,17,20)/t13-/m1/s1. The third-order valence-corrected chi connectivity index (χ3v) is 3.76. The van der Waals surface area contributed by atoms with E-state index >= 15 is 0 Å². The number of ether oxygens (including phenoxy) is 1. The molecule has 1 aromatic carbocycles. The van der Waals surface area contributed by atoms with Crippen molar-refractivity contribution in [3.05, 3.63) is 35.4 Å². The van der Waals surface area contributed by atoms with Gasteiger partial charge in [0, 0.05) is 13.1 Å². The van der Waals surface area contributed by atoms with Crippen LogP contribution in [0.5, 0.6) is 0 Å². The third-order valence-electron chi connectivity index (χ3n) is 3.76. The summed E-state index contributed by atoms with van der Waals surface area (Å²) in [5.41, 5.74) is 6.64. The summed E-state index contributed by atoms with van der Waals surface area (Å²) < 4.78 is 5.05. The molecule has 2 amide bonds. The molecule has 0 spiro atoms. The Morgan fingerprint density at radius 1 is 1.36 bits per heavy atom. The van der Waals surface area contributed by atoms with Gasteiger partial charge in [0.25, 0.3) is 5.91 Å². The van der Waals surface area contributed by atoms with Crippen molar-refractivity contribution in [2.24, 2.45) is 11.7 Å². The van der Waals surface area contributed by atoms with Crippen LogP contribution in [0.3, 0.4) is 0 Å². The van der Waals surface area contributed by atoms with Gasteiger partial charge in [0.2, 0.25) is 5.91 Å². The quantitative estimate of drug-likeness (QED) is 0.836. The molecule has 118 valence electrons. The molecule has 1 saturated heterocycles. The Bertz CT molecular complexity index is 585. The van der Waals surface area contributed by atoms with Crippen LogP contribution in [0.25, 0.3) is 0 Å². The van der Waals surface area contributed by atoms with Crippen LogP contribution < -0.4 is 5.73 Å². The Balaban J connectivity index is 1.87. The van der Waals surface area contributed by atoms with E-state index in [0.29, 0.717) is 25.1 Å². The number of hydrogen-bond donors (Lipinski definition) is 1. The minimum absolute atomic E-state index is 0.299. The van der Waals surface area contributed by atoms with E-state index in [-0.39, 0.29) is 18.4 Å². The molecule has 6 heteroatoms. The second kappa shape index (κ2) is 7.06. The van der Waals surface area contributed by atoms with E-state index in [4.69, 9.17) is 10.5 Å². The van der Waals surface area contributed by atoms with Crippen molar-refractivity contribution >= 4 is 17.8 Å². The number of nitrogens with zero attached hydrogens (tertiary/aromatic N) is 1. The highest BCUT2D eigenvalue weighted by Gasteiger charge is 2.27. The maximum atomic E-state index is 12.1. The second-order valence-electron chi connectivity index (χ2n) is 5.53. The number of rotatable bonds is 4. The van der Waals surface area contributed by atoms with Crippen LogP contribution >= 0.6 is 0 Å². The van der Waals surface area contributed by atoms with Crippen LogP contribution in [0.1, 0.15) is 28.8 Å². The monoisotopic (exact) mass is 304 g/mol. The summed E-state index contributed by atoms with van der Waals surface area (Å²) in [6, 6.07) is 6.98. The predicted octanol–water partition coefficient (Wildman–Crippen LogP) is 0.876. The summed E-state index contributed by atoms with van der Waals surface area (Å²) in [7, 11) is 0. The van der Waals surface area contributed by atoms with Crippen molar-refractivity contribution < 1.29 is 19.1 Å². The number of primary amides is 1. The molecule has 0 unspecified atom stereocenters. The summed E-state index contributed by atoms with van der Waals surface area (Å²) in [6.07, 6.45) is 1.42. The van der Waals surface area contributed by atoms with Crippen molar-refractivity contribution in [3.8, 4) is 0 Å². The number of likely N-dealkylation sites (tertiary alicyclic amines) is 1. The SMILES string of the molecule is Cc1cccc(C(=O)OCC(=O)N2CCC[C@@H](C(N)=O)C2)c1. The average Bonchev–Trinajstić information content (AvgIpc) is 2.52. The molecule has 1 fully saturated rings. The van der Waals surface area contributed by atoms with Crippen molar-refractivity contribution in [3.63, 3.8) is 0 Å². The lowest BCUT2D eigenvalue weighted by Gasteiger charge is -2.31. The number of amides is 2. The van der Waals surface area contributed by atoms with E-state index in [1.165, 1.54) is 4.90 Å². The summed E-state index contributed by atoms with van der Waals surface area (Å²) in [6.45, 7) is 2.42. The third kappa shape index (κ3) is 4.07. The highest BCUT2D eigenvalue weighted by molar-refractivity contribution is 5.91. The topological polar surface area (TPSA) is 89.7 Å². The number of nitrogens with two attached hydrogens (primary N) is 1. The molecule has 22 heavy (non-hydrogen) atoms. The Kier molecular flexibility index (Phi) is 5.14. The van der Waals surface area contributed by atoms with E-state index < -0.39 is 11.9 Å². The van der Waals surface area contributed by atoms with Gasteiger partial charge in [-0.15, -0.1) is 0 Å². The molecular formula is C16H20N2O4. The van der Waals surface area contributed by atoms with Crippen LogP contribution in [-0.2, 0) is 14.3 Å². The first-order valence-corrected chi connectivity index (χ1v) is 7.28. The van der Waals surface area contributed by atoms with Crippen LogP contribution in [-0.4, -0.2) is 42.4 Å². The van der Waals surface area contributed by atoms with Gasteiger partial charge in [-0.2, -0.15) is 0 Å². The molecule has 1 heterocycles. The summed E-state index contributed by atoms with van der Waals surface area (Å²) in [4.78, 5) is 36.7. The number of esters is 1. The lowest BCUT2D eigenvalue weighted by atomic mass is 9.97. The van der Waals surface area contributed by atoms with Crippen LogP contribution in [0.15, 0.2) is 24.3 Å². The van der Waals surface area contributed by atoms with Gasteiger partial charge in [0.05, 0.1) is 11.5 Å². The average molecular weight is 304 g/mol.